The van der Waals surface area contributed by atoms with Crippen molar-refractivity contribution >= 4 is 62.8 Å². The van der Waals surface area contributed by atoms with Crippen molar-refractivity contribution in [3.8, 4) is 0 Å². The highest BCUT2D eigenvalue weighted by molar-refractivity contribution is 9.10. The number of nitrogens with one attached hydrogen (secondary N) is 2. The van der Waals surface area contributed by atoms with Crippen LogP contribution in [-0.4, -0.2) is 16.2 Å². The summed E-state index contributed by atoms with van der Waals surface area (Å²) in [4.78, 5) is 8.43. The number of hydrazone groups is 1. The van der Waals surface area contributed by atoms with Gasteiger partial charge in [0.2, 0.25) is 5.95 Å². The van der Waals surface area contributed by atoms with Gasteiger partial charge in [0.15, 0.2) is 0 Å². The zero-order chi connectivity index (χ0) is 17.6. The quantitative estimate of drug-likeness (QED) is 0.304. The Labute approximate surface area is 163 Å². The first-order valence-electron chi connectivity index (χ1n) is 7.21. The first kappa shape index (κ1) is 17.7. The summed E-state index contributed by atoms with van der Waals surface area (Å²) in [7, 11) is 0. The van der Waals surface area contributed by atoms with Crippen LogP contribution < -0.4 is 10.7 Å². The molecule has 1 heterocycles. The molecule has 0 radical (unpaired) electrons. The summed E-state index contributed by atoms with van der Waals surface area (Å²) in [6.45, 7) is 0. The van der Waals surface area contributed by atoms with Crippen molar-refractivity contribution in [1.29, 1.82) is 0 Å². The number of anilines is 3. The van der Waals surface area contributed by atoms with E-state index in [1.165, 1.54) is 0 Å². The standard InChI is InChI=1S/C17H12BrCl2N5/c18-12-5-3-6-13(8-12)22-16-9-15(20)23-17(24-16)25-21-10-11-4-1-2-7-14(11)19/h1-10H,(H2,22,23,24,25)/b21-10+. The topological polar surface area (TPSA) is 62.2 Å². The lowest BCUT2D eigenvalue weighted by Crippen LogP contribution is -2.01. The molecule has 3 rings (SSSR count). The van der Waals surface area contributed by atoms with E-state index in [1.54, 1.807) is 18.3 Å². The predicted molar refractivity (Wildman–Crippen MR) is 107 cm³/mol. The average Bonchev–Trinajstić information content (AvgIpc) is 2.56. The lowest BCUT2D eigenvalue weighted by Gasteiger charge is -2.08. The molecule has 0 spiro atoms. The minimum Gasteiger partial charge on any atom is -0.340 e. The van der Waals surface area contributed by atoms with Crippen LogP contribution in [0, 0.1) is 0 Å². The molecule has 1 aromatic heterocycles. The summed E-state index contributed by atoms with van der Waals surface area (Å²) in [5, 5.41) is 8.17. The Kier molecular flexibility index (Phi) is 5.86. The lowest BCUT2D eigenvalue weighted by molar-refractivity contribution is 1.12. The summed E-state index contributed by atoms with van der Waals surface area (Å²) in [6, 6.07) is 16.7. The Bertz CT molecular complexity index is 917. The Balaban J connectivity index is 1.74. The molecule has 0 aliphatic rings. The average molecular weight is 437 g/mol. The van der Waals surface area contributed by atoms with Crippen LogP contribution in [0.15, 0.2) is 64.2 Å². The molecule has 25 heavy (non-hydrogen) atoms. The highest BCUT2D eigenvalue weighted by Crippen LogP contribution is 2.22. The molecule has 0 saturated heterocycles. The van der Waals surface area contributed by atoms with Crippen LogP contribution in [0.1, 0.15) is 5.56 Å². The van der Waals surface area contributed by atoms with Crippen LogP contribution in [0.3, 0.4) is 0 Å². The molecule has 3 aromatic rings. The minimum atomic E-state index is 0.272. The van der Waals surface area contributed by atoms with Gasteiger partial charge in [0.1, 0.15) is 11.0 Å². The molecule has 0 saturated carbocycles. The normalized spacial score (nSPS) is 10.8. The second-order valence-electron chi connectivity index (χ2n) is 4.93. The molecule has 0 aliphatic carbocycles. The second-order valence-corrected chi connectivity index (χ2v) is 6.64. The van der Waals surface area contributed by atoms with Gasteiger partial charge in [-0.3, -0.25) is 0 Å². The van der Waals surface area contributed by atoms with Crippen LogP contribution in [0.5, 0.6) is 0 Å². The van der Waals surface area contributed by atoms with E-state index in [0.29, 0.717) is 16.0 Å². The van der Waals surface area contributed by atoms with Gasteiger partial charge in [-0.15, -0.1) is 0 Å². The van der Waals surface area contributed by atoms with Gasteiger partial charge in [-0.1, -0.05) is 63.4 Å². The van der Waals surface area contributed by atoms with Crippen LogP contribution in [0.2, 0.25) is 10.2 Å². The Morgan fingerprint density at radius 2 is 1.84 bits per heavy atom. The van der Waals surface area contributed by atoms with E-state index in [1.807, 2.05) is 42.5 Å². The van der Waals surface area contributed by atoms with E-state index in [4.69, 9.17) is 23.2 Å². The highest BCUT2D eigenvalue weighted by Gasteiger charge is 2.04. The third-order valence-corrected chi connectivity index (χ3v) is 4.10. The summed E-state index contributed by atoms with van der Waals surface area (Å²) in [5.41, 5.74) is 4.41. The molecule has 126 valence electrons. The monoisotopic (exact) mass is 435 g/mol. The predicted octanol–water partition coefficient (Wildman–Crippen LogP) is 5.74. The van der Waals surface area contributed by atoms with Gasteiger partial charge in [-0.2, -0.15) is 15.1 Å². The fraction of sp³-hybridized carbons (Fsp3) is 0. The van der Waals surface area contributed by atoms with E-state index >= 15 is 0 Å². The molecular formula is C17H12BrCl2N5. The largest absolute Gasteiger partial charge is 0.340 e. The third kappa shape index (κ3) is 5.16. The molecule has 8 heteroatoms. The maximum absolute atomic E-state index is 6.07. The van der Waals surface area contributed by atoms with Crippen molar-refractivity contribution in [2.75, 3.05) is 10.7 Å². The van der Waals surface area contributed by atoms with Crippen molar-refractivity contribution in [3.05, 3.63) is 74.8 Å². The van der Waals surface area contributed by atoms with Crippen molar-refractivity contribution in [1.82, 2.24) is 9.97 Å². The molecule has 2 aromatic carbocycles. The highest BCUT2D eigenvalue weighted by atomic mass is 79.9. The number of halogens is 3. The van der Waals surface area contributed by atoms with Gasteiger partial charge in [-0.05, 0) is 24.3 Å². The van der Waals surface area contributed by atoms with E-state index in [0.717, 1.165) is 15.7 Å². The molecule has 2 N–H and O–H groups in total. The van der Waals surface area contributed by atoms with E-state index in [2.05, 4.69) is 41.7 Å². The van der Waals surface area contributed by atoms with Crippen LogP contribution >= 0.6 is 39.1 Å². The lowest BCUT2D eigenvalue weighted by atomic mass is 10.2. The minimum absolute atomic E-state index is 0.272. The fourth-order valence-corrected chi connectivity index (χ4v) is 2.75. The SMILES string of the molecule is Clc1cc(Nc2cccc(Br)c2)nc(N/N=C/c2ccccc2Cl)n1. The van der Waals surface area contributed by atoms with Crippen LogP contribution in [0.25, 0.3) is 0 Å². The molecule has 0 bridgehead atoms. The summed E-state index contributed by atoms with van der Waals surface area (Å²) in [6.07, 6.45) is 1.59. The van der Waals surface area contributed by atoms with Gasteiger partial charge in [0.25, 0.3) is 0 Å². The molecule has 0 atom stereocenters. The number of benzene rings is 2. The van der Waals surface area contributed by atoms with Gasteiger partial charge < -0.3 is 5.32 Å². The van der Waals surface area contributed by atoms with Gasteiger partial charge >= 0.3 is 0 Å². The van der Waals surface area contributed by atoms with Crippen molar-refractivity contribution < 1.29 is 0 Å². The number of nitrogens with zero attached hydrogens (tertiary/aromatic N) is 3. The van der Waals surface area contributed by atoms with Crippen LogP contribution in [0.4, 0.5) is 17.5 Å². The summed E-state index contributed by atoms with van der Waals surface area (Å²) >= 11 is 15.6. The number of rotatable bonds is 5. The van der Waals surface area contributed by atoms with Gasteiger partial charge in [0, 0.05) is 26.8 Å². The Hall–Kier alpha value is -2.15. The second kappa shape index (κ2) is 8.29. The molecular weight excluding hydrogens is 425 g/mol. The van der Waals surface area contributed by atoms with Crippen LogP contribution in [-0.2, 0) is 0 Å². The summed E-state index contributed by atoms with van der Waals surface area (Å²) in [5.74, 6) is 0.821. The first-order valence-corrected chi connectivity index (χ1v) is 8.76. The van der Waals surface area contributed by atoms with Gasteiger partial charge in [-0.25, -0.2) is 5.43 Å². The maximum atomic E-state index is 6.07. The number of hydrogen-bond donors (Lipinski definition) is 2. The van der Waals surface area contributed by atoms with Crippen molar-refractivity contribution in [2.45, 2.75) is 0 Å². The number of aromatic nitrogens is 2. The Morgan fingerprint density at radius 1 is 1.00 bits per heavy atom. The third-order valence-electron chi connectivity index (χ3n) is 3.07. The molecule has 0 aliphatic heterocycles. The summed E-state index contributed by atoms with van der Waals surface area (Å²) < 4.78 is 0.959. The van der Waals surface area contributed by atoms with E-state index in [9.17, 15) is 0 Å². The van der Waals surface area contributed by atoms with E-state index in [-0.39, 0.29) is 5.95 Å². The fourth-order valence-electron chi connectivity index (χ4n) is 1.99. The molecule has 0 amide bonds. The zero-order valence-electron chi connectivity index (χ0n) is 12.7. The van der Waals surface area contributed by atoms with Crippen molar-refractivity contribution in [2.24, 2.45) is 5.10 Å². The Morgan fingerprint density at radius 3 is 2.64 bits per heavy atom. The number of hydrogen-bond acceptors (Lipinski definition) is 5. The van der Waals surface area contributed by atoms with Crippen molar-refractivity contribution in [3.63, 3.8) is 0 Å². The zero-order valence-corrected chi connectivity index (χ0v) is 15.8. The van der Waals surface area contributed by atoms with E-state index < -0.39 is 0 Å². The molecule has 0 fully saturated rings. The maximum Gasteiger partial charge on any atom is 0.246 e. The molecule has 5 nitrogen and oxygen atoms in total. The smallest absolute Gasteiger partial charge is 0.246 e. The molecule has 0 unspecified atom stereocenters. The van der Waals surface area contributed by atoms with Gasteiger partial charge in [0.05, 0.1) is 6.21 Å². The first-order chi connectivity index (χ1) is 12.1.